The van der Waals surface area contributed by atoms with Gasteiger partial charge in [-0.15, -0.1) is 0 Å². The second-order valence-corrected chi connectivity index (χ2v) is 3.38. The Morgan fingerprint density at radius 3 is 2.53 bits per heavy atom. The summed E-state index contributed by atoms with van der Waals surface area (Å²) in [5, 5.41) is 0. The van der Waals surface area contributed by atoms with E-state index in [1.165, 1.54) is 24.4 Å². The van der Waals surface area contributed by atoms with E-state index in [-0.39, 0.29) is 18.0 Å². The first kappa shape index (κ1) is 11.7. The molecular weight excluding hydrogens is 233 g/mol. The van der Waals surface area contributed by atoms with Gasteiger partial charge in [-0.3, -0.25) is 0 Å². The summed E-state index contributed by atoms with van der Waals surface area (Å²) in [7, 11) is 0. The minimum absolute atomic E-state index is 0.0709. The molecule has 2 N–H and O–H groups in total. The molecule has 90 valence electrons. The molecule has 0 aliphatic heterocycles. The summed E-state index contributed by atoms with van der Waals surface area (Å²) in [6.07, 6.45) is -3.11. The van der Waals surface area contributed by atoms with Crippen LogP contribution in [0, 0.1) is 0 Å². The summed E-state index contributed by atoms with van der Waals surface area (Å²) in [5.41, 5.74) is 4.45. The van der Waals surface area contributed by atoms with Crippen molar-refractivity contribution in [3.8, 4) is 11.5 Å². The molecule has 0 saturated carbocycles. The molecule has 0 fully saturated rings. The fraction of sp³-hybridized carbons (Fsp3) is 0.182. The fourth-order valence-electron chi connectivity index (χ4n) is 1.44. The monoisotopic (exact) mass is 242 g/mol. The van der Waals surface area contributed by atoms with E-state index in [4.69, 9.17) is 10.2 Å². The molecule has 0 radical (unpaired) electrons. The molecule has 0 aliphatic carbocycles. The number of benzene rings is 1. The number of nitrogens with two attached hydrogens (primary N) is 1. The van der Waals surface area contributed by atoms with E-state index in [1.807, 2.05) is 0 Å². The van der Waals surface area contributed by atoms with Gasteiger partial charge in [0.15, 0.2) is 0 Å². The number of alkyl halides is 3. The van der Waals surface area contributed by atoms with Gasteiger partial charge in [-0.25, -0.2) is 4.98 Å². The van der Waals surface area contributed by atoms with Gasteiger partial charge in [-0.1, -0.05) is 12.1 Å². The number of hydrogen-bond donors (Lipinski definition) is 1. The predicted octanol–water partition coefficient (Wildman–Crippen LogP) is 2.82. The van der Waals surface area contributed by atoms with E-state index < -0.39 is 11.7 Å². The van der Waals surface area contributed by atoms with E-state index in [1.54, 1.807) is 0 Å². The van der Waals surface area contributed by atoms with Crippen LogP contribution in [0.1, 0.15) is 11.3 Å². The largest absolute Gasteiger partial charge is 0.440 e. The minimum Gasteiger partial charge on any atom is -0.440 e. The van der Waals surface area contributed by atoms with Crippen molar-refractivity contribution in [1.82, 2.24) is 4.98 Å². The van der Waals surface area contributed by atoms with Gasteiger partial charge in [-0.05, 0) is 12.1 Å². The smallest absolute Gasteiger partial charge is 0.417 e. The first-order chi connectivity index (χ1) is 8.02. The second kappa shape index (κ2) is 4.21. The van der Waals surface area contributed by atoms with Crippen molar-refractivity contribution < 1.29 is 17.6 Å². The highest BCUT2D eigenvalue weighted by Gasteiger charge is 2.34. The van der Waals surface area contributed by atoms with Gasteiger partial charge >= 0.3 is 6.18 Å². The zero-order valence-electron chi connectivity index (χ0n) is 8.66. The Labute approximate surface area is 95.1 Å². The number of halogens is 3. The average molecular weight is 242 g/mol. The lowest BCUT2D eigenvalue weighted by atomic mass is 10.1. The molecule has 2 rings (SSSR count). The fourth-order valence-corrected chi connectivity index (χ4v) is 1.44. The average Bonchev–Trinajstić information content (AvgIpc) is 2.76. The SMILES string of the molecule is NCc1cnc(-c2ccccc2C(F)(F)F)o1. The summed E-state index contributed by atoms with van der Waals surface area (Å²) in [6, 6.07) is 5.12. The Bertz CT molecular complexity index is 519. The molecule has 0 spiro atoms. The van der Waals surface area contributed by atoms with Gasteiger partial charge in [-0.2, -0.15) is 13.2 Å². The quantitative estimate of drug-likeness (QED) is 0.880. The maximum Gasteiger partial charge on any atom is 0.417 e. The third-order valence-corrected chi connectivity index (χ3v) is 2.22. The van der Waals surface area contributed by atoms with Crippen LogP contribution < -0.4 is 5.73 Å². The van der Waals surface area contributed by atoms with Gasteiger partial charge in [0, 0.05) is 5.56 Å². The summed E-state index contributed by atoms with van der Waals surface area (Å²) >= 11 is 0. The van der Waals surface area contributed by atoms with Crippen molar-refractivity contribution in [3.05, 3.63) is 41.8 Å². The van der Waals surface area contributed by atoms with Crippen LogP contribution in [-0.2, 0) is 12.7 Å². The van der Waals surface area contributed by atoms with Crippen LogP contribution >= 0.6 is 0 Å². The number of nitrogens with zero attached hydrogens (tertiary/aromatic N) is 1. The van der Waals surface area contributed by atoms with E-state index in [9.17, 15) is 13.2 Å². The summed E-state index contributed by atoms with van der Waals surface area (Å²) < 4.78 is 43.3. The molecule has 3 nitrogen and oxygen atoms in total. The van der Waals surface area contributed by atoms with E-state index in [2.05, 4.69) is 4.98 Å². The van der Waals surface area contributed by atoms with Crippen molar-refractivity contribution in [1.29, 1.82) is 0 Å². The van der Waals surface area contributed by atoms with E-state index >= 15 is 0 Å². The zero-order valence-corrected chi connectivity index (χ0v) is 8.66. The number of aromatic nitrogens is 1. The molecule has 0 saturated heterocycles. The molecule has 1 heterocycles. The van der Waals surface area contributed by atoms with Crippen molar-refractivity contribution in [2.75, 3.05) is 0 Å². The van der Waals surface area contributed by atoms with Crippen molar-refractivity contribution in [2.24, 2.45) is 5.73 Å². The van der Waals surface area contributed by atoms with E-state index in [0.717, 1.165) is 6.07 Å². The maximum absolute atomic E-state index is 12.7. The van der Waals surface area contributed by atoms with Crippen LogP contribution in [0.25, 0.3) is 11.5 Å². The summed E-state index contributed by atoms with van der Waals surface area (Å²) in [5.74, 6) is 0.273. The zero-order chi connectivity index (χ0) is 12.5. The molecular formula is C11H9F3N2O. The molecule has 0 atom stereocenters. The Hall–Kier alpha value is -1.82. The van der Waals surface area contributed by atoms with Gasteiger partial charge < -0.3 is 10.2 Å². The van der Waals surface area contributed by atoms with Crippen molar-refractivity contribution in [3.63, 3.8) is 0 Å². The topological polar surface area (TPSA) is 52.0 Å². The molecule has 17 heavy (non-hydrogen) atoms. The highest BCUT2D eigenvalue weighted by atomic mass is 19.4. The lowest BCUT2D eigenvalue weighted by molar-refractivity contribution is -0.137. The third kappa shape index (κ3) is 2.31. The van der Waals surface area contributed by atoms with Crippen LogP contribution in [0.15, 0.2) is 34.9 Å². The number of rotatable bonds is 2. The number of hydrogen-bond acceptors (Lipinski definition) is 3. The molecule has 2 aromatic rings. The summed E-state index contributed by atoms with van der Waals surface area (Å²) in [6.45, 7) is 0.0984. The Balaban J connectivity index is 2.52. The lowest BCUT2D eigenvalue weighted by Gasteiger charge is -2.09. The van der Waals surface area contributed by atoms with Crippen LogP contribution in [0.3, 0.4) is 0 Å². The number of oxazole rings is 1. The van der Waals surface area contributed by atoms with Crippen LogP contribution in [0.2, 0.25) is 0 Å². The van der Waals surface area contributed by atoms with E-state index in [0.29, 0.717) is 5.76 Å². The third-order valence-electron chi connectivity index (χ3n) is 2.22. The van der Waals surface area contributed by atoms with Gasteiger partial charge in [0.25, 0.3) is 0 Å². The molecule has 0 aliphatic rings. The Kier molecular flexibility index (Phi) is 2.89. The first-order valence-electron chi connectivity index (χ1n) is 4.83. The second-order valence-electron chi connectivity index (χ2n) is 3.38. The van der Waals surface area contributed by atoms with Gasteiger partial charge in [0.1, 0.15) is 5.76 Å². The molecule has 6 heteroatoms. The lowest BCUT2D eigenvalue weighted by Crippen LogP contribution is -2.06. The normalized spacial score (nSPS) is 11.8. The van der Waals surface area contributed by atoms with Crippen LogP contribution in [0.4, 0.5) is 13.2 Å². The standard InChI is InChI=1S/C11H9F3N2O/c12-11(13,14)9-4-2-1-3-8(9)10-16-6-7(5-15)17-10/h1-4,6H,5,15H2. The Morgan fingerprint density at radius 1 is 1.24 bits per heavy atom. The summed E-state index contributed by atoms with van der Waals surface area (Å²) in [4.78, 5) is 3.78. The maximum atomic E-state index is 12.7. The molecule has 0 amide bonds. The van der Waals surface area contributed by atoms with Gasteiger partial charge in [0.05, 0.1) is 18.3 Å². The van der Waals surface area contributed by atoms with Crippen molar-refractivity contribution >= 4 is 0 Å². The highest BCUT2D eigenvalue weighted by molar-refractivity contribution is 5.59. The molecule has 0 unspecified atom stereocenters. The predicted molar refractivity (Wildman–Crippen MR) is 54.8 cm³/mol. The molecule has 1 aromatic carbocycles. The Morgan fingerprint density at radius 2 is 1.94 bits per heavy atom. The molecule has 1 aromatic heterocycles. The highest BCUT2D eigenvalue weighted by Crippen LogP contribution is 2.36. The van der Waals surface area contributed by atoms with Crippen LogP contribution in [0.5, 0.6) is 0 Å². The first-order valence-corrected chi connectivity index (χ1v) is 4.83. The van der Waals surface area contributed by atoms with Crippen LogP contribution in [-0.4, -0.2) is 4.98 Å². The molecule has 0 bridgehead atoms. The minimum atomic E-state index is -4.44. The van der Waals surface area contributed by atoms with Crippen molar-refractivity contribution in [2.45, 2.75) is 12.7 Å². The van der Waals surface area contributed by atoms with Gasteiger partial charge in [0.2, 0.25) is 5.89 Å².